The summed E-state index contributed by atoms with van der Waals surface area (Å²) >= 11 is 0. The molecule has 2 amide bonds. The molecule has 1 saturated heterocycles. The van der Waals surface area contributed by atoms with E-state index in [1.54, 1.807) is 24.2 Å². The van der Waals surface area contributed by atoms with Gasteiger partial charge in [0.05, 0.1) is 11.6 Å². The molecular formula is C22H22N4O3. The lowest BCUT2D eigenvalue weighted by atomic mass is 9.78. The van der Waals surface area contributed by atoms with Crippen LogP contribution in [-0.2, 0) is 11.2 Å². The predicted octanol–water partition coefficient (Wildman–Crippen LogP) is 2.56. The number of amides is 2. The third kappa shape index (κ3) is 3.63. The number of nitrogens with zero attached hydrogens (tertiary/aromatic N) is 3. The molecule has 1 aromatic carbocycles. The zero-order chi connectivity index (χ0) is 20.3. The van der Waals surface area contributed by atoms with Crippen molar-refractivity contribution in [3.8, 4) is 11.1 Å². The van der Waals surface area contributed by atoms with E-state index in [1.165, 1.54) is 6.20 Å². The van der Waals surface area contributed by atoms with E-state index >= 15 is 0 Å². The Morgan fingerprint density at radius 2 is 2.03 bits per heavy atom. The summed E-state index contributed by atoms with van der Waals surface area (Å²) in [6.07, 6.45) is 6.10. The maximum Gasteiger partial charge on any atom is 0.292 e. The fourth-order valence-corrected chi connectivity index (χ4v) is 4.05. The Kier molecular flexibility index (Phi) is 5.12. The lowest BCUT2D eigenvalue weighted by Crippen LogP contribution is -2.44. The van der Waals surface area contributed by atoms with Crippen molar-refractivity contribution in [1.82, 2.24) is 20.4 Å². The molecule has 4 rings (SSSR count). The average molecular weight is 390 g/mol. The molecule has 3 aromatic rings. The summed E-state index contributed by atoms with van der Waals surface area (Å²) in [5.74, 6) is -0.117. The molecule has 0 radical (unpaired) electrons. The van der Waals surface area contributed by atoms with Gasteiger partial charge in [0.1, 0.15) is 0 Å². The minimum atomic E-state index is -0.706. The quantitative estimate of drug-likeness (QED) is 0.723. The molecule has 3 heterocycles. The van der Waals surface area contributed by atoms with E-state index in [4.69, 9.17) is 4.52 Å². The highest BCUT2D eigenvalue weighted by atomic mass is 16.5. The monoisotopic (exact) mass is 390 g/mol. The Balaban J connectivity index is 1.65. The van der Waals surface area contributed by atoms with Crippen molar-refractivity contribution in [2.24, 2.45) is 5.41 Å². The number of hydrogen-bond donors (Lipinski definition) is 1. The van der Waals surface area contributed by atoms with Crippen molar-refractivity contribution in [3.05, 3.63) is 72.4 Å². The number of carbonyl (C=O) groups excluding carboxylic acids is 2. The average Bonchev–Trinajstić information content (AvgIpc) is 3.45. The van der Waals surface area contributed by atoms with Gasteiger partial charge in [-0.2, -0.15) is 0 Å². The van der Waals surface area contributed by atoms with Crippen LogP contribution in [0.15, 0.2) is 65.6 Å². The first-order valence-electron chi connectivity index (χ1n) is 9.53. The topological polar surface area (TPSA) is 88.3 Å². The number of carbonyl (C=O) groups is 2. The lowest BCUT2D eigenvalue weighted by Gasteiger charge is -2.28. The molecule has 0 aliphatic carbocycles. The first kappa shape index (κ1) is 18.9. The van der Waals surface area contributed by atoms with Crippen LogP contribution in [0.4, 0.5) is 0 Å². The fourth-order valence-electron chi connectivity index (χ4n) is 4.05. The van der Waals surface area contributed by atoms with Gasteiger partial charge in [-0.05, 0) is 30.0 Å². The molecule has 1 atom stereocenters. The molecule has 148 valence electrons. The van der Waals surface area contributed by atoms with Gasteiger partial charge in [0, 0.05) is 44.2 Å². The van der Waals surface area contributed by atoms with Crippen LogP contribution in [0.3, 0.4) is 0 Å². The van der Waals surface area contributed by atoms with Gasteiger partial charge in [-0.1, -0.05) is 35.5 Å². The normalized spacial score (nSPS) is 18.6. The molecule has 7 nitrogen and oxygen atoms in total. The van der Waals surface area contributed by atoms with E-state index in [9.17, 15) is 9.59 Å². The van der Waals surface area contributed by atoms with Gasteiger partial charge in [-0.25, -0.2) is 0 Å². The largest absolute Gasteiger partial charge is 0.359 e. The van der Waals surface area contributed by atoms with Crippen LogP contribution in [-0.4, -0.2) is 47.0 Å². The van der Waals surface area contributed by atoms with E-state index in [-0.39, 0.29) is 17.6 Å². The van der Waals surface area contributed by atoms with Crippen LogP contribution in [0.2, 0.25) is 0 Å². The molecule has 2 aromatic heterocycles. The Bertz CT molecular complexity index is 1000. The summed E-state index contributed by atoms with van der Waals surface area (Å²) in [5, 5.41) is 6.40. The van der Waals surface area contributed by atoms with Crippen LogP contribution >= 0.6 is 0 Å². The van der Waals surface area contributed by atoms with Gasteiger partial charge in [-0.3, -0.25) is 14.6 Å². The number of hydrogen-bond acceptors (Lipinski definition) is 5. The van der Waals surface area contributed by atoms with Crippen molar-refractivity contribution in [2.75, 3.05) is 20.1 Å². The molecule has 1 aliphatic heterocycles. The van der Waals surface area contributed by atoms with Crippen molar-refractivity contribution in [1.29, 1.82) is 0 Å². The highest BCUT2D eigenvalue weighted by Gasteiger charge is 2.46. The van der Waals surface area contributed by atoms with Crippen molar-refractivity contribution >= 4 is 11.8 Å². The van der Waals surface area contributed by atoms with Crippen LogP contribution in [0.5, 0.6) is 0 Å². The first-order valence-corrected chi connectivity index (χ1v) is 9.53. The van der Waals surface area contributed by atoms with Crippen LogP contribution in [0.1, 0.15) is 22.5 Å². The minimum absolute atomic E-state index is 0.0636. The van der Waals surface area contributed by atoms with E-state index in [0.29, 0.717) is 25.9 Å². The molecule has 7 heteroatoms. The molecule has 0 unspecified atom stereocenters. The second-order valence-corrected chi connectivity index (χ2v) is 7.29. The highest BCUT2D eigenvalue weighted by Crippen LogP contribution is 2.38. The number of likely N-dealkylation sites (tertiary alicyclic amines) is 1. The fraction of sp³-hybridized carbons (Fsp3) is 0.273. The van der Waals surface area contributed by atoms with Crippen LogP contribution in [0, 0.1) is 5.41 Å². The minimum Gasteiger partial charge on any atom is -0.359 e. The number of rotatable bonds is 5. The van der Waals surface area contributed by atoms with Crippen molar-refractivity contribution < 1.29 is 14.1 Å². The molecule has 0 saturated carbocycles. The summed E-state index contributed by atoms with van der Waals surface area (Å²) in [6, 6.07) is 13.5. The molecule has 1 aliphatic rings. The highest BCUT2D eigenvalue weighted by molar-refractivity contribution is 5.93. The summed E-state index contributed by atoms with van der Waals surface area (Å²) in [4.78, 5) is 31.5. The number of benzene rings is 1. The van der Waals surface area contributed by atoms with Crippen molar-refractivity contribution in [2.45, 2.75) is 12.8 Å². The molecule has 0 spiro atoms. The maximum absolute atomic E-state index is 12.9. The van der Waals surface area contributed by atoms with Gasteiger partial charge in [-0.15, -0.1) is 0 Å². The second-order valence-electron chi connectivity index (χ2n) is 7.29. The van der Waals surface area contributed by atoms with E-state index < -0.39 is 5.41 Å². The first-order chi connectivity index (χ1) is 14.1. The predicted molar refractivity (Wildman–Crippen MR) is 107 cm³/mol. The third-order valence-electron chi connectivity index (χ3n) is 5.52. The summed E-state index contributed by atoms with van der Waals surface area (Å²) in [5.41, 5.74) is 2.40. The molecular weight excluding hydrogens is 368 g/mol. The maximum atomic E-state index is 12.9. The SMILES string of the molecule is CNC(=O)[C@]1(Cc2ccccc2-c2cccnc2)CCN(C(=O)c2ccno2)C1. The third-order valence-corrected chi connectivity index (χ3v) is 5.52. The van der Waals surface area contributed by atoms with E-state index in [2.05, 4.69) is 15.5 Å². The molecule has 1 fully saturated rings. The smallest absolute Gasteiger partial charge is 0.292 e. The van der Waals surface area contributed by atoms with Gasteiger partial charge < -0.3 is 14.7 Å². The van der Waals surface area contributed by atoms with Crippen LogP contribution < -0.4 is 5.32 Å². The zero-order valence-corrected chi connectivity index (χ0v) is 16.2. The zero-order valence-electron chi connectivity index (χ0n) is 16.2. The number of aromatic nitrogens is 2. The number of pyridine rings is 1. The Morgan fingerprint density at radius 3 is 2.76 bits per heavy atom. The number of nitrogens with one attached hydrogen (secondary N) is 1. The lowest BCUT2D eigenvalue weighted by molar-refractivity contribution is -0.129. The summed E-state index contributed by atoms with van der Waals surface area (Å²) in [6.45, 7) is 0.815. The standard InChI is InChI=1S/C22H22N4O3/c1-23-21(28)22(9-12-26(15-22)20(27)19-8-11-25-29-19)13-16-5-2-3-7-18(16)17-6-4-10-24-14-17/h2-8,10-11,14H,9,12-13,15H2,1H3,(H,23,28)/t22-/m0/s1. The van der Waals surface area contributed by atoms with Gasteiger partial charge in [0.25, 0.3) is 5.91 Å². The van der Waals surface area contributed by atoms with Gasteiger partial charge >= 0.3 is 0 Å². The summed E-state index contributed by atoms with van der Waals surface area (Å²) in [7, 11) is 1.64. The molecule has 0 bridgehead atoms. The second kappa shape index (κ2) is 7.87. The Hall–Kier alpha value is -3.48. The van der Waals surface area contributed by atoms with E-state index in [1.807, 2.05) is 42.6 Å². The summed E-state index contributed by atoms with van der Waals surface area (Å²) < 4.78 is 5.01. The van der Waals surface area contributed by atoms with Gasteiger partial charge in [0.15, 0.2) is 0 Å². The van der Waals surface area contributed by atoms with Gasteiger partial charge in [0.2, 0.25) is 11.7 Å². The Morgan fingerprint density at radius 1 is 1.17 bits per heavy atom. The van der Waals surface area contributed by atoms with Crippen LogP contribution in [0.25, 0.3) is 11.1 Å². The van der Waals surface area contributed by atoms with E-state index in [0.717, 1.165) is 16.7 Å². The van der Waals surface area contributed by atoms with Crippen molar-refractivity contribution in [3.63, 3.8) is 0 Å². The molecule has 1 N–H and O–H groups in total. The molecule has 29 heavy (non-hydrogen) atoms. The Labute approximate surface area is 168 Å².